The molecule has 0 spiro atoms. The fourth-order valence-electron chi connectivity index (χ4n) is 4.66. The van der Waals surface area contributed by atoms with E-state index < -0.39 is 60.6 Å². The highest BCUT2D eigenvalue weighted by Gasteiger charge is 2.55. The first-order chi connectivity index (χ1) is 18.0. The zero-order valence-electron chi connectivity index (χ0n) is 22.1. The van der Waals surface area contributed by atoms with Gasteiger partial charge in [-0.25, -0.2) is 4.68 Å². The number of nitrogens with zero attached hydrogens (tertiary/aromatic N) is 3. The number of fused-ring (bicyclic) bond motifs is 1. The summed E-state index contributed by atoms with van der Waals surface area (Å²) in [4.78, 5) is 34.9. The minimum Gasteiger partial charge on any atom is -0.463 e. The Kier molecular flexibility index (Phi) is 8.64. The average molecular weight is 544 g/mol. The molecule has 0 saturated carbocycles. The Labute approximate surface area is 218 Å². The maximum atomic E-state index is 11.8. The maximum absolute atomic E-state index is 11.8. The van der Waals surface area contributed by atoms with E-state index in [-0.39, 0.29) is 32.0 Å². The third-order valence-corrected chi connectivity index (χ3v) is 6.03. The highest BCUT2D eigenvalue weighted by molar-refractivity contribution is 5.68. The molecule has 0 bridgehead atoms. The molecular weight excluding hydrogens is 510 g/mol. The Morgan fingerprint density at radius 1 is 0.947 bits per heavy atom. The number of ether oxygens (including phenoxy) is 9. The zero-order chi connectivity index (χ0) is 27.6. The van der Waals surface area contributed by atoms with E-state index in [4.69, 9.17) is 42.6 Å². The second kappa shape index (κ2) is 11.6. The monoisotopic (exact) mass is 543 g/mol. The smallest absolute Gasteiger partial charge is 0.303 e. The third kappa shape index (κ3) is 6.47. The number of carbonyl (C=O) groups is 3. The standard InChI is InChI=1S/C23H33N3O12/c1-11(27)32-10-16-17(33-12(2)28)19(34-13(3)29)21(35-16)26-7-14(24-25-26)8-31-9-15-18-20(22(30-6)36-15)38-23(4,5)37-18/h7,15-22H,8-10H2,1-6H3/t15-,16-,17-,18-,19-,20-,21-,22-/m1/s1. The predicted octanol–water partition coefficient (Wildman–Crippen LogP) is 0.0100. The summed E-state index contributed by atoms with van der Waals surface area (Å²) in [5.74, 6) is -2.55. The highest BCUT2D eigenvalue weighted by Crippen LogP contribution is 2.39. The van der Waals surface area contributed by atoms with E-state index in [0.717, 1.165) is 0 Å². The van der Waals surface area contributed by atoms with Crippen LogP contribution in [0.3, 0.4) is 0 Å². The van der Waals surface area contributed by atoms with Crippen molar-refractivity contribution >= 4 is 17.9 Å². The lowest BCUT2D eigenvalue weighted by Gasteiger charge is -2.23. The van der Waals surface area contributed by atoms with Crippen LogP contribution in [0.1, 0.15) is 46.5 Å². The molecule has 0 unspecified atom stereocenters. The van der Waals surface area contributed by atoms with Crippen LogP contribution in [-0.2, 0) is 63.6 Å². The number of carbonyl (C=O) groups excluding carboxylic acids is 3. The quantitative estimate of drug-likeness (QED) is 0.286. The molecule has 212 valence electrons. The van der Waals surface area contributed by atoms with Crippen LogP contribution in [0.5, 0.6) is 0 Å². The Hall–Kier alpha value is -2.69. The van der Waals surface area contributed by atoms with Crippen molar-refractivity contribution in [3.05, 3.63) is 11.9 Å². The summed E-state index contributed by atoms with van der Waals surface area (Å²) in [6.07, 6.45) is -4.17. The largest absolute Gasteiger partial charge is 0.463 e. The van der Waals surface area contributed by atoms with Crippen molar-refractivity contribution in [3.63, 3.8) is 0 Å². The van der Waals surface area contributed by atoms with Crippen LogP contribution in [0.25, 0.3) is 0 Å². The third-order valence-electron chi connectivity index (χ3n) is 6.03. The van der Waals surface area contributed by atoms with Gasteiger partial charge in [-0.15, -0.1) is 5.10 Å². The average Bonchev–Trinajstić information content (AvgIpc) is 3.56. The van der Waals surface area contributed by atoms with E-state index in [1.54, 1.807) is 6.20 Å². The van der Waals surface area contributed by atoms with Gasteiger partial charge in [0.05, 0.1) is 19.4 Å². The van der Waals surface area contributed by atoms with Crippen LogP contribution in [0.15, 0.2) is 6.20 Å². The van der Waals surface area contributed by atoms with Gasteiger partial charge in [-0.05, 0) is 13.8 Å². The van der Waals surface area contributed by atoms with E-state index >= 15 is 0 Å². The van der Waals surface area contributed by atoms with Gasteiger partial charge in [0.2, 0.25) is 0 Å². The van der Waals surface area contributed by atoms with Gasteiger partial charge in [0, 0.05) is 27.9 Å². The van der Waals surface area contributed by atoms with Gasteiger partial charge < -0.3 is 42.6 Å². The van der Waals surface area contributed by atoms with Crippen LogP contribution in [-0.4, -0.2) is 102 Å². The molecule has 3 saturated heterocycles. The van der Waals surface area contributed by atoms with Crippen LogP contribution in [0, 0.1) is 0 Å². The molecule has 3 aliphatic heterocycles. The maximum Gasteiger partial charge on any atom is 0.303 e. The fourth-order valence-corrected chi connectivity index (χ4v) is 4.66. The lowest BCUT2D eigenvalue weighted by molar-refractivity contribution is -0.232. The summed E-state index contributed by atoms with van der Waals surface area (Å²) < 4.78 is 51.9. The Morgan fingerprint density at radius 2 is 1.63 bits per heavy atom. The lowest BCUT2D eigenvalue weighted by Crippen LogP contribution is -2.40. The van der Waals surface area contributed by atoms with Gasteiger partial charge in [-0.1, -0.05) is 5.21 Å². The second-order valence-corrected chi connectivity index (χ2v) is 9.56. The summed E-state index contributed by atoms with van der Waals surface area (Å²) in [5.41, 5.74) is 0.449. The number of hydrogen-bond donors (Lipinski definition) is 0. The molecule has 0 aliphatic carbocycles. The Morgan fingerprint density at radius 3 is 2.29 bits per heavy atom. The van der Waals surface area contributed by atoms with Crippen molar-refractivity contribution < 1.29 is 57.0 Å². The molecule has 3 fully saturated rings. The van der Waals surface area contributed by atoms with Gasteiger partial charge in [-0.2, -0.15) is 0 Å². The van der Waals surface area contributed by atoms with Crippen molar-refractivity contribution in [2.24, 2.45) is 0 Å². The molecule has 0 aromatic carbocycles. The van der Waals surface area contributed by atoms with Crippen LogP contribution < -0.4 is 0 Å². The van der Waals surface area contributed by atoms with Gasteiger partial charge in [0.1, 0.15) is 36.7 Å². The van der Waals surface area contributed by atoms with E-state index in [1.165, 1.54) is 32.6 Å². The lowest BCUT2D eigenvalue weighted by atomic mass is 10.1. The summed E-state index contributed by atoms with van der Waals surface area (Å²) in [5, 5.41) is 8.17. The minimum absolute atomic E-state index is 0.0777. The molecule has 38 heavy (non-hydrogen) atoms. The normalized spacial score (nSPS) is 33.6. The molecule has 4 rings (SSSR count). The van der Waals surface area contributed by atoms with Crippen molar-refractivity contribution in [2.75, 3.05) is 20.3 Å². The topological polar surface area (TPSA) is 165 Å². The first kappa shape index (κ1) is 28.3. The molecule has 4 heterocycles. The first-order valence-electron chi connectivity index (χ1n) is 12.1. The molecule has 0 N–H and O–H groups in total. The minimum atomic E-state index is -1.06. The predicted molar refractivity (Wildman–Crippen MR) is 121 cm³/mol. The van der Waals surface area contributed by atoms with Crippen LogP contribution in [0.4, 0.5) is 0 Å². The summed E-state index contributed by atoms with van der Waals surface area (Å²) in [6, 6.07) is 0. The van der Waals surface area contributed by atoms with Gasteiger partial charge in [-0.3, -0.25) is 14.4 Å². The molecule has 8 atom stereocenters. The van der Waals surface area contributed by atoms with Crippen LogP contribution >= 0.6 is 0 Å². The first-order valence-corrected chi connectivity index (χ1v) is 12.1. The van der Waals surface area contributed by atoms with Crippen LogP contribution in [0.2, 0.25) is 0 Å². The molecule has 1 aromatic heterocycles. The number of methoxy groups -OCH3 is 1. The SMILES string of the molecule is CO[C@@H]1O[C@H](COCc2cn([C@@H]3O[C@H](COC(C)=O)[C@@H](OC(C)=O)[C@H]3OC(C)=O)nn2)[C@H]2OC(C)(C)O[C@@H]12. The van der Waals surface area contributed by atoms with E-state index in [9.17, 15) is 14.4 Å². The highest BCUT2D eigenvalue weighted by atomic mass is 16.8. The van der Waals surface area contributed by atoms with E-state index in [2.05, 4.69) is 10.3 Å². The molecule has 3 aliphatic rings. The Bertz CT molecular complexity index is 1020. The molecule has 15 nitrogen and oxygen atoms in total. The second-order valence-electron chi connectivity index (χ2n) is 9.56. The van der Waals surface area contributed by atoms with Crippen molar-refractivity contribution in [1.29, 1.82) is 0 Å². The molecule has 1 aromatic rings. The van der Waals surface area contributed by atoms with Crippen molar-refractivity contribution in [2.45, 2.75) is 96.2 Å². The van der Waals surface area contributed by atoms with Gasteiger partial charge >= 0.3 is 17.9 Å². The van der Waals surface area contributed by atoms with Crippen molar-refractivity contribution in [3.8, 4) is 0 Å². The Balaban J connectivity index is 1.40. The molecule has 0 amide bonds. The zero-order valence-corrected chi connectivity index (χ0v) is 22.1. The fraction of sp³-hybridized carbons (Fsp3) is 0.783. The van der Waals surface area contributed by atoms with E-state index in [1.807, 2.05) is 13.8 Å². The number of aromatic nitrogens is 3. The van der Waals surface area contributed by atoms with Gasteiger partial charge in [0.25, 0.3) is 0 Å². The number of rotatable bonds is 10. The number of esters is 3. The van der Waals surface area contributed by atoms with Crippen molar-refractivity contribution in [1.82, 2.24) is 15.0 Å². The molecule has 15 heteroatoms. The molecular formula is C23H33N3O12. The number of hydrogen-bond acceptors (Lipinski definition) is 14. The summed E-state index contributed by atoms with van der Waals surface area (Å²) in [6.45, 7) is 7.35. The summed E-state index contributed by atoms with van der Waals surface area (Å²) in [7, 11) is 1.54. The summed E-state index contributed by atoms with van der Waals surface area (Å²) >= 11 is 0. The van der Waals surface area contributed by atoms with Gasteiger partial charge in [0.15, 0.2) is 30.5 Å². The molecule has 0 radical (unpaired) electrons. The van der Waals surface area contributed by atoms with E-state index in [0.29, 0.717) is 5.69 Å².